The van der Waals surface area contributed by atoms with Gasteiger partial charge in [0.2, 0.25) is 0 Å². The van der Waals surface area contributed by atoms with Crippen molar-refractivity contribution in [2.24, 2.45) is 0 Å². The molecule has 4 rings (SSSR count). The smallest absolute Gasteiger partial charge is 0.000664 e. The Morgan fingerprint density at radius 2 is 0.540 bits per heavy atom. The van der Waals surface area contributed by atoms with Gasteiger partial charge in [-0.2, -0.15) is 0 Å². The van der Waals surface area contributed by atoms with Gasteiger partial charge >= 0.3 is 0 Å². The van der Waals surface area contributed by atoms with Crippen LogP contribution in [0.3, 0.4) is 0 Å². The molecular formula is C46H66N4. The molecule has 0 aliphatic rings. The molecule has 0 amide bonds. The van der Waals surface area contributed by atoms with E-state index in [2.05, 4.69) is 142 Å². The highest BCUT2D eigenvalue weighted by Gasteiger charge is 2.09. The molecule has 4 nitrogen and oxygen atoms in total. The summed E-state index contributed by atoms with van der Waals surface area (Å²) in [5.41, 5.74) is 5.81. The summed E-state index contributed by atoms with van der Waals surface area (Å²) in [5, 5.41) is 7.42. The molecule has 4 heteroatoms. The second-order valence-corrected chi connectivity index (χ2v) is 14.0. The minimum absolute atomic E-state index is 1.10. The molecule has 0 spiro atoms. The minimum Gasteiger partial charge on any atom is -0.317 e. The molecule has 0 radical (unpaired) electrons. The van der Waals surface area contributed by atoms with Crippen LogP contribution >= 0.6 is 0 Å². The summed E-state index contributed by atoms with van der Waals surface area (Å²) in [6, 6.07) is 43.8. The molecule has 4 aromatic carbocycles. The van der Waals surface area contributed by atoms with Crippen LogP contribution in [0.4, 0.5) is 0 Å². The van der Waals surface area contributed by atoms with Crippen LogP contribution in [0.15, 0.2) is 121 Å². The van der Waals surface area contributed by atoms with Crippen molar-refractivity contribution in [3.05, 3.63) is 144 Å². The van der Waals surface area contributed by atoms with Gasteiger partial charge in [-0.05, 0) is 165 Å². The first-order valence-electron chi connectivity index (χ1n) is 19.9. The monoisotopic (exact) mass is 675 g/mol. The number of unbranched alkanes of at least 4 members (excludes halogenated alkanes) is 1. The average molecular weight is 675 g/mol. The number of hydrogen-bond donors (Lipinski definition) is 2. The van der Waals surface area contributed by atoms with Gasteiger partial charge in [-0.1, -0.05) is 121 Å². The van der Waals surface area contributed by atoms with Crippen LogP contribution in [0, 0.1) is 0 Å². The van der Waals surface area contributed by atoms with E-state index < -0.39 is 0 Å². The highest BCUT2D eigenvalue weighted by Crippen LogP contribution is 2.09. The number of rotatable bonds is 29. The number of benzene rings is 4. The van der Waals surface area contributed by atoms with Crippen LogP contribution in [0.2, 0.25) is 0 Å². The Kier molecular flexibility index (Phi) is 21.0. The normalized spacial score (nSPS) is 11.5. The van der Waals surface area contributed by atoms with Crippen molar-refractivity contribution in [2.75, 3.05) is 65.4 Å². The van der Waals surface area contributed by atoms with Gasteiger partial charge in [0, 0.05) is 0 Å². The summed E-state index contributed by atoms with van der Waals surface area (Å²) in [7, 11) is 0. The third-order valence-electron chi connectivity index (χ3n) is 9.74. The minimum atomic E-state index is 1.10. The zero-order chi connectivity index (χ0) is 34.6. The van der Waals surface area contributed by atoms with Crippen LogP contribution < -0.4 is 10.6 Å². The van der Waals surface area contributed by atoms with Crippen molar-refractivity contribution in [2.45, 2.75) is 77.0 Å². The van der Waals surface area contributed by atoms with Gasteiger partial charge in [0.1, 0.15) is 0 Å². The maximum Gasteiger partial charge on any atom is -0.000664 e. The number of aryl methyl sites for hydroxylation is 4. The Bertz CT molecular complexity index is 1210. The fourth-order valence-corrected chi connectivity index (χ4v) is 6.87. The molecule has 2 N–H and O–H groups in total. The predicted octanol–water partition coefficient (Wildman–Crippen LogP) is 8.86. The van der Waals surface area contributed by atoms with E-state index in [1.54, 1.807) is 0 Å². The third-order valence-corrected chi connectivity index (χ3v) is 9.74. The van der Waals surface area contributed by atoms with Crippen LogP contribution in [-0.2, 0) is 25.7 Å². The molecule has 0 fully saturated rings. The second-order valence-electron chi connectivity index (χ2n) is 14.0. The summed E-state index contributed by atoms with van der Waals surface area (Å²) in [4.78, 5) is 5.49. The molecule has 50 heavy (non-hydrogen) atoms. The van der Waals surface area contributed by atoms with Crippen molar-refractivity contribution >= 4 is 0 Å². The molecule has 270 valence electrons. The standard InChI is InChI=1S/C46H66N4/c1-5-21-43(22-6-1)29-15-33-47-35-19-41-49(39-17-31-45-25-9-3-10-26-45)37-13-14-38-50(40-18-32-46-27-11-4-12-28-46)42-20-36-48-34-16-30-44-23-7-2-8-24-44/h1-12,21-28,47-48H,13-20,29-42H2. The molecule has 0 heterocycles. The molecule has 4 aromatic rings. The lowest BCUT2D eigenvalue weighted by Crippen LogP contribution is -2.32. The molecule has 0 atom stereocenters. The first-order valence-corrected chi connectivity index (χ1v) is 19.9. The molecule has 0 unspecified atom stereocenters. The van der Waals surface area contributed by atoms with Gasteiger partial charge in [-0.15, -0.1) is 0 Å². The zero-order valence-corrected chi connectivity index (χ0v) is 31.0. The van der Waals surface area contributed by atoms with Crippen LogP contribution in [-0.4, -0.2) is 75.2 Å². The second kappa shape index (κ2) is 26.5. The molecule has 0 saturated heterocycles. The van der Waals surface area contributed by atoms with Crippen LogP contribution in [0.5, 0.6) is 0 Å². The SMILES string of the molecule is c1ccc(CCCNCCCN(CCCCN(CCCNCCCc2ccccc2)CCCc2ccccc2)CCCc2ccccc2)cc1. The molecule has 0 bridgehead atoms. The van der Waals surface area contributed by atoms with Crippen molar-refractivity contribution < 1.29 is 0 Å². The van der Waals surface area contributed by atoms with E-state index in [0.717, 1.165) is 39.0 Å². The van der Waals surface area contributed by atoms with Gasteiger partial charge < -0.3 is 20.4 Å². The molecule has 0 aromatic heterocycles. The van der Waals surface area contributed by atoms with Gasteiger partial charge in [0.05, 0.1) is 0 Å². The van der Waals surface area contributed by atoms with Crippen LogP contribution in [0.1, 0.15) is 73.6 Å². The van der Waals surface area contributed by atoms with Crippen molar-refractivity contribution in [3.8, 4) is 0 Å². The van der Waals surface area contributed by atoms with Crippen molar-refractivity contribution in [1.82, 2.24) is 20.4 Å². The lowest BCUT2D eigenvalue weighted by atomic mass is 10.1. The third kappa shape index (κ3) is 18.6. The van der Waals surface area contributed by atoms with Crippen molar-refractivity contribution in [1.29, 1.82) is 0 Å². The molecular weight excluding hydrogens is 609 g/mol. The molecule has 0 saturated carbocycles. The summed E-state index contributed by atoms with van der Waals surface area (Å²) in [6.07, 6.45) is 14.6. The van der Waals surface area contributed by atoms with E-state index >= 15 is 0 Å². The van der Waals surface area contributed by atoms with Gasteiger partial charge in [-0.3, -0.25) is 0 Å². The Hall–Kier alpha value is -3.28. The quantitative estimate of drug-likeness (QED) is 0.0564. The maximum atomic E-state index is 3.71. The van der Waals surface area contributed by atoms with Gasteiger partial charge in [0.25, 0.3) is 0 Å². The Labute approximate surface area is 305 Å². The highest BCUT2D eigenvalue weighted by molar-refractivity contribution is 5.16. The summed E-state index contributed by atoms with van der Waals surface area (Å²) >= 11 is 0. The van der Waals surface area contributed by atoms with E-state index in [1.165, 1.54) is 126 Å². The van der Waals surface area contributed by atoms with E-state index in [-0.39, 0.29) is 0 Å². The first-order chi connectivity index (χ1) is 24.8. The fourth-order valence-electron chi connectivity index (χ4n) is 6.87. The number of hydrogen-bond acceptors (Lipinski definition) is 4. The molecule has 0 aliphatic carbocycles. The Morgan fingerprint density at radius 3 is 0.880 bits per heavy atom. The highest BCUT2D eigenvalue weighted by atomic mass is 15.1. The Morgan fingerprint density at radius 1 is 0.280 bits per heavy atom. The van der Waals surface area contributed by atoms with E-state index in [4.69, 9.17) is 0 Å². The van der Waals surface area contributed by atoms with Gasteiger partial charge in [0.15, 0.2) is 0 Å². The predicted molar refractivity (Wildman–Crippen MR) is 216 cm³/mol. The Balaban J connectivity index is 1.14. The largest absolute Gasteiger partial charge is 0.317 e. The summed E-state index contributed by atoms with van der Waals surface area (Å²) in [5.74, 6) is 0. The lowest BCUT2D eigenvalue weighted by molar-refractivity contribution is 0.234. The van der Waals surface area contributed by atoms with E-state index in [0.29, 0.717) is 0 Å². The first kappa shape index (κ1) is 39.5. The van der Waals surface area contributed by atoms with Crippen LogP contribution in [0.25, 0.3) is 0 Å². The van der Waals surface area contributed by atoms with E-state index in [1.807, 2.05) is 0 Å². The fraction of sp³-hybridized carbons (Fsp3) is 0.478. The van der Waals surface area contributed by atoms with Crippen molar-refractivity contribution in [3.63, 3.8) is 0 Å². The lowest BCUT2D eigenvalue weighted by Gasteiger charge is -2.25. The molecule has 0 aliphatic heterocycles. The van der Waals surface area contributed by atoms with E-state index in [9.17, 15) is 0 Å². The van der Waals surface area contributed by atoms with Gasteiger partial charge in [-0.25, -0.2) is 0 Å². The zero-order valence-electron chi connectivity index (χ0n) is 31.0. The maximum absolute atomic E-state index is 3.71. The number of nitrogens with one attached hydrogen (secondary N) is 2. The summed E-state index contributed by atoms with van der Waals surface area (Å²) in [6.45, 7) is 11.6. The topological polar surface area (TPSA) is 30.5 Å². The number of nitrogens with zero attached hydrogens (tertiary/aromatic N) is 2. The average Bonchev–Trinajstić information content (AvgIpc) is 3.16. The summed E-state index contributed by atoms with van der Waals surface area (Å²) < 4.78 is 0.